The third-order valence-electron chi connectivity index (χ3n) is 3.08. The molecule has 0 aromatic rings. The molecule has 0 spiro atoms. The summed E-state index contributed by atoms with van der Waals surface area (Å²) in [5.41, 5.74) is 0.0509. The van der Waals surface area contributed by atoms with Crippen LogP contribution >= 0.6 is 0 Å². The van der Waals surface area contributed by atoms with Crippen LogP contribution < -0.4 is 5.32 Å². The third kappa shape index (κ3) is 2.67. The third-order valence-corrected chi connectivity index (χ3v) is 3.08. The summed E-state index contributed by atoms with van der Waals surface area (Å²) < 4.78 is 15.8. The van der Waals surface area contributed by atoms with Crippen molar-refractivity contribution in [3.05, 3.63) is 0 Å². The first-order chi connectivity index (χ1) is 6.62. The van der Waals surface area contributed by atoms with E-state index >= 15 is 0 Å². The molecule has 2 unspecified atom stereocenters. The van der Waals surface area contributed by atoms with E-state index in [2.05, 4.69) is 19.2 Å². The molecular formula is C10H21NO3. The summed E-state index contributed by atoms with van der Waals surface area (Å²) in [6, 6.07) is 0. The van der Waals surface area contributed by atoms with Gasteiger partial charge in [-0.3, -0.25) is 0 Å². The maximum Gasteiger partial charge on any atom is 0.169 e. The van der Waals surface area contributed by atoms with Crippen molar-refractivity contribution in [2.75, 3.05) is 27.4 Å². The van der Waals surface area contributed by atoms with Gasteiger partial charge in [0.15, 0.2) is 6.29 Å². The minimum atomic E-state index is -0.181. The van der Waals surface area contributed by atoms with Gasteiger partial charge < -0.3 is 19.5 Å². The van der Waals surface area contributed by atoms with Gasteiger partial charge in [-0.15, -0.1) is 0 Å². The Morgan fingerprint density at radius 3 is 2.57 bits per heavy atom. The molecule has 1 N–H and O–H groups in total. The Morgan fingerprint density at radius 2 is 2.14 bits per heavy atom. The van der Waals surface area contributed by atoms with Crippen molar-refractivity contribution < 1.29 is 14.2 Å². The van der Waals surface area contributed by atoms with E-state index in [0.29, 0.717) is 6.54 Å². The summed E-state index contributed by atoms with van der Waals surface area (Å²) >= 11 is 0. The van der Waals surface area contributed by atoms with Crippen LogP contribution in [0.5, 0.6) is 0 Å². The van der Waals surface area contributed by atoms with Crippen LogP contribution in [0.25, 0.3) is 0 Å². The fourth-order valence-electron chi connectivity index (χ4n) is 1.65. The minimum Gasteiger partial charge on any atom is -0.377 e. The summed E-state index contributed by atoms with van der Waals surface area (Å²) in [6.07, 6.45) is 1.10. The van der Waals surface area contributed by atoms with E-state index in [1.807, 2.05) is 0 Å². The second-order valence-corrected chi connectivity index (χ2v) is 3.96. The molecule has 0 radical (unpaired) electrons. The molecule has 1 fully saturated rings. The topological polar surface area (TPSA) is 39.7 Å². The molecule has 1 aliphatic heterocycles. The van der Waals surface area contributed by atoms with Gasteiger partial charge in [0, 0.05) is 32.9 Å². The van der Waals surface area contributed by atoms with Crippen molar-refractivity contribution in [1.82, 2.24) is 5.32 Å². The molecule has 0 aliphatic carbocycles. The summed E-state index contributed by atoms with van der Waals surface area (Å²) in [7, 11) is 3.29. The maximum absolute atomic E-state index is 5.52. The fraction of sp³-hybridized carbons (Fsp3) is 1.00. The predicted octanol–water partition coefficient (Wildman–Crippen LogP) is 0.762. The van der Waals surface area contributed by atoms with Crippen LogP contribution in [0, 0.1) is 0 Å². The van der Waals surface area contributed by atoms with E-state index in [0.717, 1.165) is 13.0 Å². The molecule has 0 saturated carbocycles. The number of ether oxygens (including phenoxy) is 3. The SMILES string of the molecule is COC(CNC1(C)CCOC1C)OC. The number of nitrogens with one attached hydrogen (secondary N) is 1. The predicted molar refractivity (Wildman–Crippen MR) is 54.2 cm³/mol. The molecule has 1 saturated heterocycles. The highest BCUT2D eigenvalue weighted by molar-refractivity contribution is 4.93. The first kappa shape index (κ1) is 11.9. The second-order valence-electron chi connectivity index (χ2n) is 3.96. The van der Waals surface area contributed by atoms with Crippen LogP contribution in [-0.2, 0) is 14.2 Å². The monoisotopic (exact) mass is 203 g/mol. The molecule has 14 heavy (non-hydrogen) atoms. The lowest BCUT2D eigenvalue weighted by atomic mass is 9.95. The van der Waals surface area contributed by atoms with Gasteiger partial charge in [0.2, 0.25) is 0 Å². The lowest BCUT2D eigenvalue weighted by Crippen LogP contribution is -2.50. The van der Waals surface area contributed by atoms with Crippen LogP contribution in [0.1, 0.15) is 20.3 Å². The van der Waals surface area contributed by atoms with Crippen molar-refractivity contribution in [2.45, 2.75) is 38.2 Å². The van der Waals surface area contributed by atoms with Gasteiger partial charge in [0.25, 0.3) is 0 Å². The Labute approximate surface area is 85.9 Å². The van der Waals surface area contributed by atoms with Gasteiger partial charge in [-0.25, -0.2) is 0 Å². The maximum atomic E-state index is 5.52. The summed E-state index contributed by atoms with van der Waals surface area (Å²) in [4.78, 5) is 0. The zero-order chi connectivity index (χ0) is 10.6. The minimum absolute atomic E-state index is 0.0509. The van der Waals surface area contributed by atoms with E-state index < -0.39 is 0 Å². The lowest BCUT2D eigenvalue weighted by Gasteiger charge is -2.30. The standard InChI is InChI=1S/C10H21NO3/c1-8-10(2,5-6-14-8)11-7-9(12-3)13-4/h8-9,11H,5-7H2,1-4H3. The molecule has 0 aromatic heterocycles. The van der Waals surface area contributed by atoms with Gasteiger partial charge in [0.05, 0.1) is 6.10 Å². The average Bonchev–Trinajstić information content (AvgIpc) is 2.49. The zero-order valence-corrected chi connectivity index (χ0v) is 9.50. The van der Waals surface area contributed by atoms with Crippen LogP contribution in [-0.4, -0.2) is 45.3 Å². The van der Waals surface area contributed by atoms with Crippen LogP contribution in [0.4, 0.5) is 0 Å². The first-order valence-corrected chi connectivity index (χ1v) is 5.04. The molecule has 0 aromatic carbocycles. The van der Waals surface area contributed by atoms with Crippen molar-refractivity contribution in [2.24, 2.45) is 0 Å². The number of rotatable bonds is 5. The molecule has 4 heteroatoms. The van der Waals surface area contributed by atoms with Gasteiger partial charge >= 0.3 is 0 Å². The Morgan fingerprint density at radius 1 is 1.50 bits per heavy atom. The van der Waals surface area contributed by atoms with Crippen LogP contribution in [0.3, 0.4) is 0 Å². The van der Waals surface area contributed by atoms with E-state index in [4.69, 9.17) is 14.2 Å². The largest absolute Gasteiger partial charge is 0.377 e. The molecule has 2 atom stereocenters. The van der Waals surface area contributed by atoms with Crippen molar-refractivity contribution in [3.8, 4) is 0 Å². The van der Waals surface area contributed by atoms with Crippen LogP contribution in [0.2, 0.25) is 0 Å². The smallest absolute Gasteiger partial charge is 0.169 e. The highest BCUT2D eigenvalue weighted by Crippen LogP contribution is 2.24. The Balaban J connectivity index is 2.35. The summed E-state index contributed by atoms with van der Waals surface area (Å²) in [5, 5.41) is 3.43. The molecule has 0 bridgehead atoms. The van der Waals surface area contributed by atoms with E-state index in [1.54, 1.807) is 14.2 Å². The van der Waals surface area contributed by atoms with E-state index in [-0.39, 0.29) is 17.9 Å². The lowest BCUT2D eigenvalue weighted by molar-refractivity contribution is -0.103. The summed E-state index contributed by atoms with van der Waals surface area (Å²) in [6.45, 7) is 5.79. The second kappa shape index (κ2) is 5.07. The van der Waals surface area contributed by atoms with E-state index in [1.165, 1.54) is 0 Å². The average molecular weight is 203 g/mol. The van der Waals surface area contributed by atoms with Gasteiger partial charge in [0.1, 0.15) is 0 Å². The van der Waals surface area contributed by atoms with Gasteiger partial charge in [-0.05, 0) is 20.3 Å². The zero-order valence-electron chi connectivity index (χ0n) is 9.50. The molecule has 4 nitrogen and oxygen atoms in total. The highest BCUT2D eigenvalue weighted by Gasteiger charge is 2.36. The molecule has 1 rings (SSSR count). The van der Waals surface area contributed by atoms with E-state index in [9.17, 15) is 0 Å². The Bertz CT molecular complexity index is 173. The Kier molecular flexibility index (Phi) is 4.31. The quantitative estimate of drug-likeness (QED) is 0.670. The van der Waals surface area contributed by atoms with Crippen molar-refractivity contribution in [1.29, 1.82) is 0 Å². The first-order valence-electron chi connectivity index (χ1n) is 5.04. The highest BCUT2D eigenvalue weighted by atomic mass is 16.7. The number of hydrogen-bond acceptors (Lipinski definition) is 4. The Hall–Kier alpha value is -0.160. The number of hydrogen-bond donors (Lipinski definition) is 1. The fourth-order valence-corrected chi connectivity index (χ4v) is 1.65. The normalized spacial score (nSPS) is 32.8. The summed E-state index contributed by atoms with van der Waals surface area (Å²) in [5.74, 6) is 0. The van der Waals surface area contributed by atoms with Gasteiger partial charge in [-0.1, -0.05) is 0 Å². The molecular weight excluding hydrogens is 182 g/mol. The van der Waals surface area contributed by atoms with Crippen molar-refractivity contribution in [3.63, 3.8) is 0 Å². The molecule has 1 heterocycles. The number of methoxy groups -OCH3 is 2. The molecule has 1 aliphatic rings. The molecule has 84 valence electrons. The molecule has 0 amide bonds. The van der Waals surface area contributed by atoms with Crippen LogP contribution in [0.15, 0.2) is 0 Å². The van der Waals surface area contributed by atoms with Gasteiger partial charge in [-0.2, -0.15) is 0 Å². The van der Waals surface area contributed by atoms with Crippen molar-refractivity contribution >= 4 is 0 Å².